The minimum absolute atomic E-state index is 0.000363. The highest BCUT2D eigenvalue weighted by Crippen LogP contribution is 2.21. The maximum atomic E-state index is 12.4. The molecule has 0 unspecified atom stereocenters. The summed E-state index contributed by atoms with van der Waals surface area (Å²) in [5.74, 6) is 0.911. The van der Waals surface area contributed by atoms with Crippen molar-refractivity contribution in [2.75, 3.05) is 31.1 Å². The Labute approximate surface area is 142 Å². The maximum Gasteiger partial charge on any atom is 0.257 e. The number of hydrogen-bond donors (Lipinski definition) is 0. The molecule has 0 radical (unpaired) electrons. The van der Waals surface area contributed by atoms with Gasteiger partial charge in [0.15, 0.2) is 5.82 Å². The third-order valence-electron chi connectivity index (χ3n) is 4.26. The van der Waals surface area contributed by atoms with Gasteiger partial charge in [0, 0.05) is 44.8 Å². The Hall–Kier alpha value is -2.44. The molecule has 1 amide bonds. The van der Waals surface area contributed by atoms with E-state index in [1.54, 1.807) is 17.1 Å². The number of rotatable bonds is 2. The van der Waals surface area contributed by atoms with Crippen molar-refractivity contribution in [3.05, 3.63) is 35.8 Å². The number of anilines is 1. The Morgan fingerprint density at radius 2 is 1.79 bits per heavy atom. The van der Waals surface area contributed by atoms with Crippen LogP contribution in [0.25, 0.3) is 0 Å². The molecule has 0 aliphatic carbocycles. The molecule has 0 aromatic carbocycles. The Morgan fingerprint density at radius 1 is 1.08 bits per heavy atom. The zero-order chi connectivity index (χ0) is 17.3. The molecule has 3 heterocycles. The summed E-state index contributed by atoms with van der Waals surface area (Å²) < 4.78 is 1.65. The molecule has 3 rings (SSSR count). The fraction of sp³-hybridized carbons (Fsp3) is 0.529. The van der Waals surface area contributed by atoms with E-state index in [1.807, 2.05) is 24.1 Å². The van der Waals surface area contributed by atoms with Crippen LogP contribution in [0.3, 0.4) is 0 Å². The predicted molar refractivity (Wildman–Crippen MR) is 92.1 cm³/mol. The predicted octanol–water partition coefficient (Wildman–Crippen LogP) is 1.47. The number of aromatic nitrogens is 4. The Kier molecular flexibility index (Phi) is 4.26. The maximum absolute atomic E-state index is 12.4. The minimum atomic E-state index is 0.000363. The van der Waals surface area contributed by atoms with Crippen LogP contribution in [0.1, 0.15) is 36.8 Å². The molecule has 7 nitrogen and oxygen atoms in total. The van der Waals surface area contributed by atoms with E-state index in [0.717, 1.165) is 24.6 Å². The van der Waals surface area contributed by atoms with E-state index in [4.69, 9.17) is 0 Å². The molecule has 7 heteroatoms. The Bertz CT molecular complexity index is 707. The van der Waals surface area contributed by atoms with E-state index >= 15 is 0 Å². The van der Waals surface area contributed by atoms with E-state index in [0.29, 0.717) is 18.7 Å². The van der Waals surface area contributed by atoms with Crippen LogP contribution < -0.4 is 4.90 Å². The molecule has 0 spiro atoms. The highest BCUT2D eigenvalue weighted by molar-refractivity contribution is 5.93. The van der Waals surface area contributed by atoms with Crippen LogP contribution in [0.5, 0.6) is 0 Å². The van der Waals surface area contributed by atoms with Gasteiger partial charge in [-0.3, -0.25) is 9.48 Å². The zero-order valence-electron chi connectivity index (χ0n) is 14.7. The van der Waals surface area contributed by atoms with E-state index in [2.05, 4.69) is 41.0 Å². The van der Waals surface area contributed by atoms with E-state index in [1.165, 1.54) is 0 Å². The molecule has 1 aliphatic rings. The van der Waals surface area contributed by atoms with Gasteiger partial charge in [0.05, 0.1) is 17.5 Å². The topological polar surface area (TPSA) is 67.2 Å². The third-order valence-corrected chi connectivity index (χ3v) is 4.26. The van der Waals surface area contributed by atoms with Gasteiger partial charge in [-0.25, -0.2) is 0 Å². The fourth-order valence-electron chi connectivity index (χ4n) is 2.75. The number of amides is 1. The van der Waals surface area contributed by atoms with E-state index in [-0.39, 0.29) is 11.3 Å². The average molecular weight is 328 g/mol. The van der Waals surface area contributed by atoms with Gasteiger partial charge in [-0.05, 0) is 12.1 Å². The quantitative estimate of drug-likeness (QED) is 0.835. The lowest BCUT2D eigenvalue weighted by Gasteiger charge is -2.35. The first-order chi connectivity index (χ1) is 11.3. The summed E-state index contributed by atoms with van der Waals surface area (Å²) in [5.41, 5.74) is 1.62. The monoisotopic (exact) mass is 328 g/mol. The lowest BCUT2D eigenvalue weighted by Crippen LogP contribution is -2.49. The smallest absolute Gasteiger partial charge is 0.257 e. The van der Waals surface area contributed by atoms with Crippen molar-refractivity contribution in [1.82, 2.24) is 24.9 Å². The molecule has 1 saturated heterocycles. The first-order valence-corrected chi connectivity index (χ1v) is 8.22. The first-order valence-electron chi connectivity index (χ1n) is 8.22. The van der Waals surface area contributed by atoms with Crippen LogP contribution in [0, 0.1) is 0 Å². The van der Waals surface area contributed by atoms with Gasteiger partial charge < -0.3 is 9.80 Å². The van der Waals surface area contributed by atoms with Gasteiger partial charge in [-0.2, -0.15) is 10.2 Å². The van der Waals surface area contributed by atoms with Gasteiger partial charge in [-0.1, -0.05) is 20.8 Å². The number of carbonyl (C=O) groups excluding carboxylic acids is 1. The molecule has 2 aromatic rings. The van der Waals surface area contributed by atoms with Crippen molar-refractivity contribution < 1.29 is 4.79 Å². The van der Waals surface area contributed by atoms with E-state index < -0.39 is 0 Å². The minimum Gasteiger partial charge on any atom is -0.352 e. The number of piperazine rings is 1. The Balaban J connectivity index is 1.61. The lowest BCUT2D eigenvalue weighted by atomic mass is 9.92. The normalized spacial score (nSPS) is 15.7. The zero-order valence-corrected chi connectivity index (χ0v) is 14.7. The summed E-state index contributed by atoms with van der Waals surface area (Å²) in [4.78, 5) is 16.5. The SMILES string of the molecule is Cn1cc(C(=O)N2CCN(c3ccc(C(C)(C)C)nn3)CC2)cn1. The van der Waals surface area contributed by atoms with E-state index in [9.17, 15) is 4.79 Å². The number of nitrogens with zero attached hydrogens (tertiary/aromatic N) is 6. The highest BCUT2D eigenvalue weighted by Gasteiger charge is 2.24. The second kappa shape index (κ2) is 6.22. The summed E-state index contributed by atoms with van der Waals surface area (Å²) in [6.07, 6.45) is 3.37. The molecule has 128 valence electrons. The summed E-state index contributed by atoms with van der Waals surface area (Å²) in [6.45, 7) is 9.25. The summed E-state index contributed by atoms with van der Waals surface area (Å²) in [6, 6.07) is 4.06. The molecule has 0 bridgehead atoms. The number of aryl methyl sites for hydroxylation is 1. The molecular formula is C17H24N6O. The second-order valence-corrected chi connectivity index (χ2v) is 7.21. The van der Waals surface area contributed by atoms with Crippen molar-refractivity contribution in [2.45, 2.75) is 26.2 Å². The number of hydrogen-bond acceptors (Lipinski definition) is 5. The molecule has 0 saturated carbocycles. The van der Waals surface area contributed by atoms with Crippen LogP contribution in [0.15, 0.2) is 24.5 Å². The van der Waals surface area contributed by atoms with Crippen LogP contribution >= 0.6 is 0 Å². The second-order valence-electron chi connectivity index (χ2n) is 7.21. The highest BCUT2D eigenvalue weighted by atomic mass is 16.2. The summed E-state index contributed by atoms with van der Waals surface area (Å²) in [7, 11) is 1.81. The van der Waals surface area contributed by atoms with Crippen molar-refractivity contribution in [3.63, 3.8) is 0 Å². The van der Waals surface area contributed by atoms with Crippen LogP contribution in [0.2, 0.25) is 0 Å². The van der Waals surface area contributed by atoms with Gasteiger partial charge in [0.1, 0.15) is 0 Å². The van der Waals surface area contributed by atoms with Crippen molar-refractivity contribution in [1.29, 1.82) is 0 Å². The van der Waals surface area contributed by atoms with Crippen molar-refractivity contribution in [3.8, 4) is 0 Å². The third kappa shape index (κ3) is 3.39. The Morgan fingerprint density at radius 3 is 2.29 bits per heavy atom. The van der Waals surface area contributed by atoms with Crippen LogP contribution in [-0.4, -0.2) is 57.0 Å². The lowest BCUT2D eigenvalue weighted by molar-refractivity contribution is 0.0746. The van der Waals surface area contributed by atoms with Crippen molar-refractivity contribution >= 4 is 11.7 Å². The van der Waals surface area contributed by atoms with Crippen LogP contribution in [-0.2, 0) is 12.5 Å². The molecular weight excluding hydrogens is 304 g/mol. The average Bonchev–Trinajstić information content (AvgIpc) is 3.00. The van der Waals surface area contributed by atoms with Gasteiger partial charge in [0.25, 0.3) is 5.91 Å². The molecule has 24 heavy (non-hydrogen) atoms. The first kappa shape index (κ1) is 16.4. The fourth-order valence-corrected chi connectivity index (χ4v) is 2.75. The number of carbonyl (C=O) groups is 1. The molecule has 1 fully saturated rings. The van der Waals surface area contributed by atoms with Crippen molar-refractivity contribution in [2.24, 2.45) is 7.05 Å². The molecule has 0 N–H and O–H groups in total. The van der Waals surface area contributed by atoms with Gasteiger partial charge in [-0.15, -0.1) is 5.10 Å². The van der Waals surface area contributed by atoms with Gasteiger partial charge >= 0.3 is 0 Å². The largest absolute Gasteiger partial charge is 0.352 e. The standard InChI is InChI=1S/C17H24N6O/c1-17(2,3)14-5-6-15(20-19-14)22-7-9-23(10-8-22)16(24)13-11-18-21(4)12-13/h5-6,11-12H,7-10H2,1-4H3. The summed E-state index contributed by atoms with van der Waals surface area (Å²) >= 11 is 0. The summed E-state index contributed by atoms with van der Waals surface area (Å²) in [5, 5.41) is 12.8. The molecule has 0 atom stereocenters. The molecule has 1 aliphatic heterocycles. The molecule has 2 aromatic heterocycles. The van der Waals surface area contributed by atoms with Gasteiger partial charge in [0.2, 0.25) is 0 Å². The van der Waals surface area contributed by atoms with Crippen LogP contribution in [0.4, 0.5) is 5.82 Å².